The number of ether oxygens (including phenoxy) is 1. The molecule has 0 aliphatic heterocycles. The Kier molecular flexibility index (Phi) is 13.8. The zero-order valence-electron chi connectivity index (χ0n) is 27.9. The largest absolute Gasteiger partial charge is 0.494 e. The normalized spacial score (nSPS) is 12.5. The lowest BCUT2D eigenvalue weighted by Gasteiger charge is -2.34. The van der Waals surface area contributed by atoms with Gasteiger partial charge in [-0.05, 0) is 92.8 Å². The molecule has 2 unspecified atom stereocenters. The Balaban J connectivity index is 1.84. The lowest BCUT2D eigenvalue weighted by Crippen LogP contribution is -2.54. The first-order valence-electron chi connectivity index (χ1n) is 15.9. The second-order valence-electron chi connectivity index (χ2n) is 11.4. The SMILES string of the molecule is CCOc1ccc(N(CC(=O)N(Cc2c(Cl)cccc2Cl)C(Cc2ccccc2)C(=O)NC(C)CC)S(=O)(=O)c2ccc(SC)cc2)cc1. The van der Waals surface area contributed by atoms with Gasteiger partial charge in [-0.1, -0.05) is 66.5 Å². The van der Waals surface area contributed by atoms with Crippen molar-refractivity contribution < 1.29 is 22.7 Å². The summed E-state index contributed by atoms with van der Waals surface area (Å²) < 4.78 is 35.3. The molecule has 2 amide bonds. The van der Waals surface area contributed by atoms with E-state index in [2.05, 4.69) is 5.32 Å². The molecule has 2 atom stereocenters. The third-order valence-electron chi connectivity index (χ3n) is 8.02. The lowest BCUT2D eigenvalue weighted by atomic mass is 10.0. The summed E-state index contributed by atoms with van der Waals surface area (Å²) in [5.41, 5.74) is 1.52. The Labute approximate surface area is 303 Å². The maximum atomic E-state index is 14.7. The van der Waals surface area contributed by atoms with Gasteiger partial charge in [-0.3, -0.25) is 13.9 Å². The molecule has 0 fully saturated rings. The van der Waals surface area contributed by atoms with Crippen molar-refractivity contribution >= 4 is 62.5 Å². The molecule has 0 saturated heterocycles. The van der Waals surface area contributed by atoms with Crippen LogP contribution in [0.25, 0.3) is 0 Å². The number of hydrogen-bond donors (Lipinski definition) is 1. The van der Waals surface area contributed by atoms with E-state index >= 15 is 0 Å². The summed E-state index contributed by atoms with van der Waals surface area (Å²) in [6.45, 7) is 5.38. The highest BCUT2D eigenvalue weighted by Gasteiger charge is 2.35. The highest BCUT2D eigenvalue weighted by molar-refractivity contribution is 7.98. The Morgan fingerprint density at radius 1 is 0.878 bits per heavy atom. The summed E-state index contributed by atoms with van der Waals surface area (Å²) >= 11 is 14.7. The van der Waals surface area contributed by atoms with Gasteiger partial charge in [0, 0.05) is 39.5 Å². The summed E-state index contributed by atoms with van der Waals surface area (Å²) in [4.78, 5) is 31.0. The number of sulfonamides is 1. The number of benzene rings is 4. The highest BCUT2D eigenvalue weighted by Crippen LogP contribution is 2.30. The first-order valence-corrected chi connectivity index (χ1v) is 19.4. The van der Waals surface area contributed by atoms with E-state index in [-0.39, 0.29) is 35.5 Å². The van der Waals surface area contributed by atoms with Crippen molar-refractivity contribution in [2.45, 2.75) is 62.0 Å². The Morgan fingerprint density at radius 2 is 1.51 bits per heavy atom. The van der Waals surface area contributed by atoms with E-state index in [1.807, 2.05) is 57.4 Å². The summed E-state index contributed by atoms with van der Waals surface area (Å²) in [6.07, 6.45) is 2.74. The second-order valence-corrected chi connectivity index (χ2v) is 14.9. The first kappa shape index (κ1) is 38.1. The van der Waals surface area contributed by atoms with E-state index < -0.39 is 28.5 Å². The van der Waals surface area contributed by atoms with Gasteiger partial charge in [0.25, 0.3) is 10.0 Å². The minimum absolute atomic E-state index is 0.0167. The average molecular weight is 743 g/mol. The molecule has 12 heteroatoms. The average Bonchev–Trinajstić information content (AvgIpc) is 3.10. The third kappa shape index (κ3) is 9.94. The van der Waals surface area contributed by atoms with E-state index in [0.717, 1.165) is 14.8 Å². The van der Waals surface area contributed by atoms with Crippen LogP contribution >= 0.6 is 35.0 Å². The summed E-state index contributed by atoms with van der Waals surface area (Å²) in [6, 6.07) is 26.1. The van der Waals surface area contributed by atoms with Crippen molar-refractivity contribution in [1.29, 1.82) is 0 Å². The van der Waals surface area contributed by atoms with Gasteiger partial charge in [0.2, 0.25) is 11.8 Å². The van der Waals surface area contributed by atoms with Crippen LogP contribution in [-0.2, 0) is 32.6 Å². The number of hydrogen-bond acceptors (Lipinski definition) is 6. The van der Waals surface area contributed by atoms with Crippen molar-refractivity contribution in [3.63, 3.8) is 0 Å². The molecule has 0 spiro atoms. The predicted octanol–water partition coefficient (Wildman–Crippen LogP) is 7.86. The molecular weight excluding hydrogens is 701 g/mol. The fourth-order valence-electron chi connectivity index (χ4n) is 5.13. The molecule has 0 saturated carbocycles. The molecule has 0 aromatic heterocycles. The van der Waals surface area contributed by atoms with Gasteiger partial charge in [-0.25, -0.2) is 8.42 Å². The molecule has 49 heavy (non-hydrogen) atoms. The topological polar surface area (TPSA) is 96.0 Å². The van der Waals surface area contributed by atoms with Gasteiger partial charge in [-0.2, -0.15) is 0 Å². The fourth-order valence-corrected chi connectivity index (χ4v) is 7.47. The molecule has 1 N–H and O–H groups in total. The van der Waals surface area contributed by atoms with E-state index in [1.54, 1.807) is 54.6 Å². The summed E-state index contributed by atoms with van der Waals surface area (Å²) in [5.74, 6) is -0.439. The number of thioether (sulfide) groups is 1. The number of carbonyl (C=O) groups excluding carboxylic acids is 2. The quantitative estimate of drug-likeness (QED) is 0.118. The molecule has 0 aliphatic carbocycles. The second kappa shape index (κ2) is 17.8. The number of carbonyl (C=O) groups is 2. The number of amides is 2. The number of nitrogens with zero attached hydrogens (tertiary/aromatic N) is 2. The van der Waals surface area contributed by atoms with Crippen molar-refractivity contribution in [2.75, 3.05) is 23.7 Å². The monoisotopic (exact) mass is 741 g/mol. The van der Waals surface area contributed by atoms with Gasteiger partial charge in [0.15, 0.2) is 0 Å². The molecular formula is C37H41Cl2N3O5S2. The van der Waals surface area contributed by atoms with Gasteiger partial charge in [0.05, 0.1) is 17.2 Å². The number of halogens is 2. The number of rotatable bonds is 16. The maximum absolute atomic E-state index is 14.7. The molecule has 4 aromatic carbocycles. The van der Waals surface area contributed by atoms with Crippen molar-refractivity contribution in [3.8, 4) is 5.75 Å². The summed E-state index contributed by atoms with van der Waals surface area (Å²) in [5, 5.41) is 3.66. The van der Waals surface area contributed by atoms with Crippen LogP contribution in [0.1, 0.15) is 38.3 Å². The minimum atomic E-state index is -4.27. The Hall–Kier alpha value is -3.70. The van der Waals surface area contributed by atoms with Crippen LogP contribution in [0.2, 0.25) is 10.0 Å². The smallest absolute Gasteiger partial charge is 0.264 e. The van der Waals surface area contributed by atoms with Crippen LogP contribution in [0.4, 0.5) is 5.69 Å². The molecule has 0 heterocycles. The van der Waals surface area contributed by atoms with Crippen LogP contribution in [0.5, 0.6) is 5.75 Å². The van der Waals surface area contributed by atoms with Crippen LogP contribution in [0.3, 0.4) is 0 Å². The van der Waals surface area contributed by atoms with Crippen LogP contribution in [0.15, 0.2) is 107 Å². The number of anilines is 1. The van der Waals surface area contributed by atoms with Crippen LogP contribution in [-0.4, -0.2) is 56.6 Å². The van der Waals surface area contributed by atoms with Gasteiger partial charge < -0.3 is 15.0 Å². The predicted molar refractivity (Wildman–Crippen MR) is 199 cm³/mol. The molecule has 4 rings (SSSR count). The molecule has 8 nitrogen and oxygen atoms in total. The maximum Gasteiger partial charge on any atom is 0.264 e. The first-order chi connectivity index (χ1) is 23.5. The van der Waals surface area contributed by atoms with Crippen LogP contribution < -0.4 is 14.4 Å². The van der Waals surface area contributed by atoms with Crippen molar-refractivity contribution in [3.05, 3.63) is 118 Å². The molecule has 0 radical (unpaired) electrons. The third-order valence-corrected chi connectivity index (χ3v) is 11.3. The molecule has 4 aromatic rings. The molecule has 0 bridgehead atoms. The Bertz CT molecular complexity index is 1790. The zero-order valence-corrected chi connectivity index (χ0v) is 31.1. The lowest BCUT2D eigenvalue weighted by molar-refractivity contribution is -0.140. The van der Waals surface area contributed by atoms with Crippen molar-refractivity contribution in [2.24, 2.45) is 0 Å². The molecule has 0 aliphatic rings. The highest BCUT2D eigenvalue weighted by atomic mass is 35.5. The van der Waals surface area contributed by atoms with E-state index in [0.29, 0.717) is 34.4 Å². The number of nitrogens with one attached hydrogen (secondary N) is 1. The Morgan fingerprint density at radius 3 is 2.08 bits per heavy atom. The van der Waals surface area contributed by atoms with E-state index in [1.165, 1.54) is 28.8 Å². The van der Waals surface area contributed by atoms with Gasteiger partial charge in [-0.15, -0.1) is 11.8 Å². The van der Waals surface area contributed by atoms with E-state index in [9.17, 15) is 18.0 Å². The molecule has 260 valence electrons. The van der Waals surface area contributed by atoms with Crippen LogP contribution in [0, 0.1) is 0 Å². The van der Waals surface area contributed by atoms with Crippen molar-refractivity contribution in [1.82, 2.24) is 10.2 Å². The van der Waals surface area contributed by atoms with Gasteiger partial charge >= 0.3 is 0 Å². The zero-order chi connectivity index (χ0) is 35.6. The minimum Gasteiger partial charge on any atom is -0.494 e. The van der Waals surface area contributed by atoms with E-state index in [4.69, 9.17) is 27.9 Å². The van der Waals surface area contributed by atoms with Gasteiger partial charge in [0.1, 0.15) is 18.3 Å². The standard InChI is InChI=1S/C37H41Cl2N3O5S2/c1-5-26(3)40-37(44)35(23-27-11-8-7-9-12-27)41(24-32-33(38)13-10-14-34(32)39)36(43)25-42(28-15-17-29(18-16-28)47-6-2)49(45,46)31-21-19-30(48-4)20-22-31/h7-22,26,35H,5-6,23-25H2,1-4H3,(H,40,44). The summed E-state index contributed by atoms with van der Waals surface area (Å²) in [7, 11) is -4.27. The fraction of sp³-hybridized carbons (Fsp3) is 0.297.